The van der Waals surface area contributed by atoms with Crippen LogP contribution < -0.4 is 0 Å². The molecule has 0 saturated carbocycles. The average molecular weight is 496 g/mol. The summed E-state index contributed by atoms with van der Waals surface area (Å²) < 4.78 is 22.5. The summed E-state index contributed by atoms with van der Waals surface area (Å²) >= 11 is 0. The number of rotatable bonds is 5. The van der Waals surface area contributed by atoms with Gasteiger partial charge in [-0.05, 0) is 35.4 Å². The predicted molar refractivity (Wildman–Crippen MR) is 131 cm³/mol. The second-order valence-corrected chi connectivity index (χ2v) is 6.36. The van der Waals surface area contributed by atoms with Crippen molar-refractivity contribution in [2.24, 2.45) is 9.98 Å². The number of para-hydroxylation sites is 2. The van der Waals surface area contributed by atoms with Gasteiger partial charge in [0.25, 0.3) is 0 Å². The van der Waals surface area contributed by atoms with Gasteiger partial charge in [0, 0.05) is 40.9 Å². The number of aliphatic imine (C=N–C) groups is 2. The molecule has 0 aliphatic carbocycles. The molecule has 0 atom stereocenters. The topological polar surface area (TPSA) is 84.4 Å². The molecule has 0 unspecified atom stereocenters. The van der Waals surface area contributed by atoms with Gasteiger partial charge in [-0.15, -0.1) is 0 Å². The summed E-state index contributed by atoms with van der Waals surface area (Å²) in [6.07, 6.45) is 3.85. The predicted octanol–water partition coefficient (Wildman–Crippen LogP) is 6.74. The van der Waals surface area contributed by atoms with Crippen molar-refractivity contribution < 1.29 is 31.3 Å². The van der Waals surface area contributed by atoms with E-state index in [-0.39, 0.29) is 17.4 Å². The van der Waals surface area contributed by atoms with Crippen LogP contribution in [0, 0.1) is 20.0 Å². The molecule has 0 radical (unpaired) electrons. The van der Waals surface area contributed by atoms with E-state index in [9.17, 15) is 0 Å². The van der Waals surface area contributed by atoms with E-state index >= 15 is 0 Å². The van der Waals surface area contributed by atoms with Gasteiger partial charge in [-0.25, -0.2) is 0 Å². The average Bonchev–Trinajstić information content (AvgIpc) is 2.95. The number of hydrogen-bond donors (Lipinski definition) is 0. The molecule has 4 aromatic carbocycles. The summed E-state index contributed by atoms with van der Waals surface area (Å²) in [7, 11) is 0. The van der Waals surface area contributed by atoms with Crippen LogP contribution in [0.1, 0.15) is 11.1 Å². The maximum absolute atomic E-state index is 7.50. The second kappa shape index (κ2) is 19.4. The van der Waals surface area contributed by atoms with Crippen LogP contribution >= 0.6 is 0 Å². The summed E-state index contributed by atoms with van der Waals surface area (Å²) in [5, 5.41) is 0. The van der Waals surface area contributed by atoms with Crippen molar-refractivity contribution in [3.8, 4) is 11.1 Å². The minimum atomic E-state index is 0. The van der Waals surface area contributed by atoms with Gasteiger partial charge in [0.05, 0.1) is 11.4 Å². The SMILES string of the molecule is C(=Nc1ccccc1)c1ccccc1-c1ccccc1C=Nc1ccccc1.[C-]#[O+].[C-]#[O+].[C-]#[O+].[Cr]. The Kier molecular flexibility index (Phi) is 17.2. The van der Waals surface area contributed by atoms with Gasteiger partial charge in [-0.2, -0.15) is 0 Å². The minimum absolute atomic E-state index is 0. The third-order valence-electron chi connectivity index (χ3n) is 4.43. The third-order valence-corrected chi connectivity index (χ3v) is 4.43. The van der Waals surface area contributed by atoms with Gasteiger partial charge in [0.1, 0.15) is 0 Å². The van der Waals surface area contributed by atoms with Crippen molar-refractivity contribution in [1.29, 1.82) is 0 Å². The number of nitrogens with zero attached hydrogens (tertiary/aromatic N) is 2. The Morgan fingerprint density at radius 1 is 0.429 bits per heavy atom. The monoisotopic (exact) mass is 496 g/mol. The van der Waals surface area contributed by atoms with Gasteiger partial charge >= 0.3 is 33.9 Å². The van der Waals surface area contributed by atoms with Crippen LogP contribution in [-0.4, -0.2) is 12.4 Å². The minimum Gasteiger partial charge on any atom is 0 e. The normalized spacial score (nSPS) is 9.20. The Bertz CT molecular complexity index is 1140. The summed E-state index contributed by atoms with van der Waals surface area (Å²) in [5.74, 6) is 0. The smallest absolute Gasteiger partial charge is 0 e. The molecule has 170 valence electrons. The van der Waals surface area contributed by atoms with E-state index < -0.39 is 0 Å². The summed E-state index contributed by atoms with van der Waals surface area (Å²) in [6.45, 7) is 13.5. The first-order valence-electron chi connectivity index (χ1n) is 9.88. The quantitative estimate of drug-likeness (QED) is 0.167. The first kappa shape index (κ1) is 31.0. The van der Waals surface area contributed by atoms with Crippen LogP contribution in [0.4, 0.5) is 11.4 Å². The zero-order valence-electron chi connectivity index (χ0n) is 18.6. The number of hydrogen-bond acceptors (Lipinski definition) is 2. The molecule has 0 saturated heterocycles. The van der Waals surface area contributed by atoms with E-state index in [0.717, 1.165) is 33.6 Å². The molecule has 0 aromatic heterocycles. The summed E-state index contributed by atoms with van der Waals surface area (Å²) in [6, 6.07) is 36.6. The first-order valence-corrected chi connectivity index (χ1v) is 9.88. The fourth-order valence-corrected chi connectivity index (χ4v) is 3.03. The van der Waals surface area contributed by atoms with Crippen LogP contribution in [0.15, 0.2) is 119 Å². The van der Waals surface area contributed by atoms with Gasteiger partial charge in [0.15, 0.2) is 0 Å². The van der Waals surface area contributed by atoms with E-state index in [1.165, 1.54) is 0 Å². The molecule has 4 aromatic rings. The molecule has 0 aliphatic rings. The van der Waals surface area contributed by atoms with Crippen molar-refractivity contribution in [1.82, 2.24) is 0 Å². The molecule has 0 N–H and O–H groups in total. The van der Waals surface area contributed by atoms with Gasteiger partial charge in [0.2, 0.25) is 0 Å². The third kappa shape index (κ3) is 10.2. The Balaban J connectivity index is 0.00000154. The molecule has 35 heavy (non-hydrogen) atoms. The summed E-state index contributed by atoms with van der Waals surface area (Å²) in [4.78, 5) is 9.25. The van der Waals surface area contributed by atoms with Crippen LogP contribution in [0.5, 0.6) is 0 Å². The van der Waals surface area contributed by atoms with E-state index in [1.807, 2.05) is 85.2 Å². The molecule has 5 nitrogen and oxygen atoms in total. The van der Waals surface area contributed by atoms with Gasteiger partial charge < -0.3 is 0 Å². The van der Waals surface area contributed by atoms with E-state index in [4.69, 9.17) is 14.0 Å². The van der Waals surface area contributed by atoms with Gasteiger partial charge in [-0.3, -0.25) is 9.98 Å². The molecule has 0 heterocycles. The Morgan fingerprint density at radius 2 is 0.714 bits per heavy atom. The fourth-order valence-electron chi connectivity index (χ4n) is 3.03. The van der Waals surface area contributed by atoms with E-state index in [1.54, 1.807) is 0 Å². The molecule has 0 spiro atoms. The maximum Gasteiger partial charge on any atom is 0 e. The standard InChI is InChI=1S/C26H20N2.3CO.Cr/c1-3-13-23(14-4-1)27-19-21-11-7-9-17-25(21)26-18-10-8-12-22(26)20-28-24-15-5-2-6-16-24;3*1-2;/h1-20H;;;;. The van der Waals surface area contributed by atoms with E-state index in [2.05, 4.69) is 66.3 Å². The zero-order valence-corrected chi connectivity index (χ0v) is 19.8. The van der Waals surface area contributed by atoms with Crippen molar-refractivity contribution in [3.05, 3.63) is 140 Å². The molecule has 0 amide bonds. The van der Waals surface area contributed by atoms with Crippen LogP contribution in [0.2, 0.25) is 0 Å². The maximum atomic E-state index is 7.50. The van der Waals surface area contributed by atoms with Crippen LogP contribution in [-0.2, 0) is 31.3 Å². The van der Waals surface area contributed by atoms with Gasteiger partial charge in [-0.1, -0.05) is 84.9 Å². The molecule has 0 bridgehead atoms. The fraction of sp³-hybridized carbons (Fsp3) is 0. The molecule has 6 heteroatoms. The van der Waals surface area contributed by atoms with Crippen LogP contribution in [0.3, 0.4) is 0 Å². The molecule has 0 fully saturated rings. The van der Waals surface area contributed by atoms with Crippen molar-refractivity contribution in [2.45, 2.75) is 0 Å². The summed E-state index contributed by atoms with van der Waals surface area (Å²) in [5.41, 5.74) is 6.31. The molecular formula is C29H20CrN2O3. The molecular weight excluding hydrogens is 476 g/mol. The van der Waals surface area contributed by atoms with Crippen molar-refractivity contribution >= 4 is 23.8 Å². The van der Waals surface area contributed by atoms with Crippen molar-refractivity contribution in [2.75, 3.05) is 0 Å². The van der Waals surface area contributed by atoms with Crippen molar-refractivity contribution in [3.63, 3.8) is 0 Å². The number of benzene rings is 4. The largest absolute Gasteiger partial charge is 0 e. The zero-order chi connectivity index (χ0) is 25.0. The Morgan fingerprint density at radius 3 is 1.06 bits per heavy atom. The first-order chi connectivity index (χ1) is 16.9. The Hall–Kier alpha value is -4.03. The van der Waals surface area contributed by atoms with E-state index in [0.29, 0.717) is 0 Å². The second-order valence-electron chi connectivity index (χ2n) is 6.36. The molecule has 0 aliphatic heterocycles. The Labute approximate surface area is 216 Å². The molecule has 4 rings (SSSR count). The van der Waals surface area contributed by atoms with Crippen LogP contribution in [0.25, 0.3) is 11.1 Å².